The van der Waals surface area contributed by atoms with E-state index in [1.165, 1.54) is 5.56 Å². The van der Waals surface area contributed by atoms with Gasteiger partial charge in [-0.3, -0.25) is 0 Å². The zero-order valence-electron chi connectivity index (χ0n) is 10.0. The van der Waals surface area contributed by atoms with Crippen LogP contribution < -0.4 is 5.32 Å². The van der Waals surface area contributed by atoms with Gasteiger partial charge in [0.1, 0.15) is 0 Å². The molecule has 0 bridgehead atoms. The van der Waals surface area contributed by atoms with Gasteiger partial charge in [0.2, 0.25) is 0 Å². The second kappa shape index (κ2) is 7.57. The molecule has 0 fully saturated rings. The summed E-state index contributed by atoms with van der Waals surface area (Å²) in [6, 6.07) is 11.1. The first-order valence-electron chi connectivity index (χ1n) is 5.48. The molecule has 0 aliphatic rings. The number of rotatable bonds is 3. The average Bonchev–Trinajstić information content (AvgIpc) is 2.31. The van der Waals surface area contributed by atoms with Crippen molar-refractivity contribution < 1.29 is 0 Å². The number of nitrogens with one attached hydrogen (secondary N) is 1. The standard InChI is InChI=1S/C11H17N.C2H6/c1-9(10(2)12-3)11-7-5-4-6-8-11;1-2/h4-10,12H,1-3H3;1-2H3/t9-,10+;/m1./s1. The Morgan fingerprint density at radius 2 is 1.50 bits per heavy atom. The van der Waals surface area contributed by atoms with E-state index in [9.17, 15) is 0 Å². The van der Waals surface area contributed by atoms with Crippen molar-refractivity contribution in [3.8, 4) is 0 Å². The molecule has 0 saturated heterocycles. The molecule has 0 radical (unpaired) electrons. The summed E-state index contributed by atoms with van der Waals surface area (Å²) in [6.07, 6.45) is 0. The maximum absolute atomic E-state index is 3.26. The minimum absolute atomic E-state index is 0.535. The molecule has 0 spiro atoms. The Morgan fingerprint density at radius 1 is 1.00 bits per heavy atom. The molecule has 2 atom stereocenters. The van der Waals surface area contributed by atoms with Crippen molar-refractivity contribution in [2.75, 3.05) is 7.05 Å². The molecular formula is C13H23N. The molecule has 14 heavy (non-hydrogen) atoms. The van der Waals surface area contributed by atoms with Crippen molar-refractivity contribution in [2.45, 2.75) is 39.7 Å². The van der Waals surface area contributed by atoms with Crippen LogP contribution in [0.25, 0.3) is 0 Å². The Morgan fingerprint density at radius 3 is 1.93 bits per heavy atom. The molecule has 1 aromatic carbocycles. The molecule has 0 amide bonds. The Kier molecular flexibility index (Phi) is 7.13. The fourth-order valence-corrected chi connectivity index (χ4v) is 1.30. The molecule has 0 heterocycles. The van der Waals surface area contributed by atoms with Gasteiger partial charge < -0.3 is 5.32 Å². The number of hydrogen-bond donors (Lipinski definition) is 1. The van der Waals surface area contributed by atoms with Crippen LogP contribution in [0.5, 0.6) is 0 Å². The van der Waals surface area contributed by atoms with Crippen molar-refractivity contribution in [1.29, 1.82) is 0 Å². The number of benzene rings is 1. The van der Waals surface area contributed by atoms with Gasteiger partial charge in [0.25, 0.3) is 0 Å². The van der Waals surface area contributed by atoms with Gasteiger partial charge >= 0.3 is 0 Å². The predicted molar refractivity (Wildman–Crippen MR) is 64.7 cm³/mol. The van der Waals surface area contributed by atoms with E-state index >= 15 is 0 Å². The molecule has 80 valence electrons. The van der Waals surface area contributed by atoms with Crippen LogP contribution in [0.4, 0.5) is 0 Å². The third-order valence-corrected chi connectivity index (χ3v) is 2.53. The summed E-state index contributed by atoms with van der Waals surface area (Å²) in [4.78, 5) is 0. The van der Waals surface area contributed by atoms with Gasteiger partial charge in [-0.15, -0.1) is 0 Å². The van der Waals surface area contributed by atoms with Crippen molar-refractivity contribution in [2.24, 2.45) is 0 Å². The fourth-order valence-electron chi connectivity index (χ4n) is 1.30. The lowest BCUT2D eigenvalue weighted by molar-refractivity contribution is 0.524. The average molecular weight is 193 g/mol. The lowest BCUT2D eigenvalue weighted by Crippen LogP contribution is -2.27. The quantitative estimate of drug-likeness (QED) is 0.775. The monoisotopic (exact) mass is 193 g/mol. The van der Waals surface area contributed by atoms with E-state index in [1.807, 2.05) is 20.9 Å². The van der Waals surface area contributed by atoms with Crippen molar-refractivity contribution in [3.63, 3.8) is 0 Å². The summed E-state index contributed by atoms with van der Waals surface area (Å²) < 4.78 is 0. The molecule has 1 aromatic rings. The highest BCUT2D eigenvalue weighted by Gasteiger charge is 2.10. The predicted octanol–water partition coefficient (Wildman–Crippen LogP) is 3.42. The normalized spacial score (nSPS) is 13.8. The zero-order valence-corrected chi connectivity index (χ0v) is 10.0. The molecular weight excluding hydrogens is 170 g/mol. The van der Waals surface area contributed by atoms with E-state index in [0.29, 0.717) is 12.0 Å². The minimum Gasteiger partial charge on any atom is -0.317 e. The first-order valence-corrected chi connectivity index (χ1v) is 5.48. The Balaban J connectivity index is 0.000000791. The third kappa shape index (κ3) is 3.93. The minimum atomic E-state index is 0.535. The molecule has 1 rings (SSSR count). The van der Waals surface area contributed by atoms with Gasteiger partial charge in [-0.1, -0.05) is 51.1 Å². The summed E-state index contributed by atoms with van der Waals surface area (Å²) in [5.41, 5.74) is 1.40. The van der Waals surface area contributed by atoms with E-state index in [-0.39, 0.29) is 0 Å². The van der Waals surface area contributed by atoms with Crippen LogP contribution in [0.1, 0.15) is 39.2 Å². The first kappa shape index (κ1) is 13.2. The van der Waals surface area contributed by atoms with Crippen LogP contribution in [-0.4, -0.2) is 13.1 Å². The lowest BCUT2D eigenvalue weighted by atomic mass is 9.95. The van der Waals surface area contributed by atoms with Gasteiger partial charge in [0.15, 0.2) is 0 Å². The molecule has 0 unspecified atom stereocenters. The van der Waals surface area contributed by atoms with Gasteiger partial charge in [0.05, 0.1) is 0 Å². The maximum atomic E-state index is 3.26. The summed E-state index contributed by atoms with van der Waals surface area (Å²) in [7, 11) is 2.00. The Labute approximate surface area is 88.5 Å². The van der Waals surface area contributed by atoms with Crippen molar-refractivity contribution in [3.05, 3.63) is 35.9 Å². The van der Waals surface area contributed by atoms with Crippen molar-refractivity contribution >= 4 is 0 Å². The molecule has 1 N–H and O–H groups in total. The van der Waals surface area contributed by atoms with E-state index in [1.54, 1.807) is 0 Å². The Bertz CT molecular complexity index is 218. The molecule has 0 aliphatic carbocycles. The van der Waals surface area contributed by atoms with E-state index in [0.717, 1.165) is 0 Å². The Hall–Kier alpha value is -0.820. The van der Waals surface area contributed by atoms with E-state index < -0.39 is 0 Å². The van der Waals surface area contributed by atoms with Crippen molar-refractivity contribution in [1.82, 2.24) is 5.32 Å². The van der Waals surface area contributed by atoms with Crippen LogP contribution in [0.15, 0.2) is 30.3 Å². The zero-order chi connectivity index (χ0) is 11.0. The van der Waals surface area contributed by atoms with Gasteiger partial charge in [-0.2, -0.15) is 0 Å². The largest absolute Gasteiger partial charge is 0.317 e. The first-order chi connectivity index (χ1) is 6.75. The highest BCUT2D eigenvalue weighted by molar-refractivity contribution is 5.20. The summed E-state index contributed by atoms with van der Waals surface area (Å²) >= 11 is 0. The highest BCUT2D eigenvalue weighted by Crippen LogP contribution is 2.17. The van der Waals surface area contributed by atoms with Crippen LogP contribution in [0.3, 0.4) is 0 Å². The second-order valence-corrected chi connectivity index (χ2v) is 3.28. The van der Waals surface area contributed by atoms with Crippen LogP contribution in [0, 0.1) is 0 Å². The smallest absolute Gasteiger partial charge is 0.0102 e. The lowest BCUT2D eigenvalue weighted by Gasteiger charge is -2.19. The summed E-state index contributed by atoms with van der Waals surface area (Å²) in [6.45, 7) is 8.45. The second-order valence-electron chi connectivity index (χ2n) is 3.28. The molecule has 0 saturated carbocycles. The number of likely N-dealkylation sites (N-methyl/N-ethyl adjacent to an activating group) is 1. The van der Waals surface area contributed by atoms with Crippen LogP contribution in [-0.2, 0) is 0 Å². The van der Waals surface area contributed by atoms with E-state index in [2.05, 4.69) is 49.5 Å². The fraction of sp³-hybridized carbons (Fsp3) is 0.538. The molecule has 0 aromatic heterocycles. The third-order valence-electron chi connectivity index (χ3n) is 2.53. The maximum Gasteiger partial charge on any atom is 0.0102 e. The molecule has 1 nitrogen and oxygen atoms in total. The highest BCUT2D eigenvalue weighted by atomic mass is 14.9. The summed E-state index contributed by atoms with van der Waals surface area (Å²) in [5.74, 6) is 0.580. The van der Waals surface area contributed by atoms with Gasteiger partial charge in [0, 0.05) is 6.04 Å². The SMILES string of the molecule is CC.CN[C@@H](C)[C@@H](C)c1ccccc1. The topological polar surface area (TPSA) is 12.0 Å². The van der Waals surface area contributed by atoms with E-state index in [4.69, 9.17) is 0 Å². The van der Waals surface area contributed by atoms with Gasteiger partial charge in [-0.05, 0) is 25.5 Å². The van der Waals surface area contributed by atoms with Gasteiger partial charge in [-0.25, -0.2) is 0 Å². The summed E-state index contributed by atoms with van der Waals surface area (Å²) in [5, 5.41) is 3.26. The molecule has 0 aliphatic heterocycles. The number of hydrogen-bond acceptors (Lipinski definition) is 1. The molecule has 1 heteroatoms. The van der Waals surface area contributed by atoms with Crippen LogP contribution in [0.2, 0.25) is 0 Å². The van der Waals surface area contributed by atoms with Crippen LogP contribution >= 0.6 is 0 Å².